The van der Waals surface area contributed by atoms with Gasteiger partial charge in [0, 0.05) is 0 Å². The first-order valence-electron chi connectivity index (χ1n) is 15.8. The van der Waals surface area contributed by atoms with Gasteiger partial charge in [-0.05, 0) is 158 Å². The molecule has 6 aliphatic carbocycles. The zero-order valence-corrected chi connectivity index (χ0v) is 25.1. The molecule has 0 spiro atoms. The third-order valence-corrected chi connectivity index (χ3v) is 14.4. The molecule has 0 aromatic heterocycles. The minimum atomic E-state index is -4.38. The van der Waals surface area contributed by atoms with E-state index in [4.69, 9.17) is 4.18 Å². The molecule has 6 bridgehead atoms. The molecule has 41 heavy (non-hydrogen) atoms. The molecule has 6 nitrogen and oxygen atoms in total. The van der Waals surface area contributed by atoms with Gasteiger partial charge in [-0.1, -0.05) is 25.3 Å². The second kappa shape index (κ2) is 9.55. The minimum Gasteiger partial charge on any atom is -0.379 e. The van der Waals surface area contributed by atoms with Crippen molar-refractivity contribution in [2.45, 2.75) is 105 Å². The Hall–Kier alpha value is -1.90. The van der Waals surface area contributed by atoms with Crippen molar-refractivity contribution in [3.05, 3.63) is 53.1 Å². The summed E-state index contributed by atoms with van der Waals surface area (Å²) in [6.45, 7) is 0. The second-order valence-corrected chi connectivity index (χ2v) is 17.2. The number of benzene rings is 2. The zero-order valence-electron chi connectivity index (χ0n) is 23.5. The Labute approximate surface area is 244 Å². The molecule has 6 fully saturated rings. The second-order valence-electron chi connectivity index (χ2n) is 14.3. The Kier molecular flexibility index (Phi) is 6.22. The van der Waals surface area contributed by atoms with E-state index >= 15 is 0 Å². The fraction of sp³-hybridized carbons (Fsp3) is 0.636. The Morgan fingerprint density at radius 2 is 1.10 bits per heavy atom. The van der Waals surface area contributed by atoms with Crippen LogP contribution in [0.1, 0.15) is 111 Å². The van der Waals surface area contributed by atoms with Crippen LogP contribution in [0.15, 0.2) is 46.2 Å². The molecule has 0 saturated heterocycles. The van der Waals surface area contributed by atoms with Gasteiger partial charge in [-0.3, -0.25) is 4.55 Å². The fourth-order valence-electron chi connectivity index (χ4n) is 10.6. The van der Waals surface area contributed by atoms with Gasteiger partial charge >= 0.3 is 10.1 Å². The van der Waals surface area contributed by atoms with Crippen LogP contribution in [0.4, 0.5) is 0 Å². The van der Waals surface area contributed by atoms with Gasteiger partial charge in [-0.15, -0.1) is 0 Å². The van der Waals surface area contributed by atoms with E-state index in [-0.39, 0.29) is 16.6 Å². The lowest BCUT2D eigenvalue weighted by Gasteiger charge is -2.36. The molecule has 8 rings (SSSR count). The number of fused-ring (bicyclic) bond motifs is 6. The lowest BCUT2D eigenvalue weighted by atomic mass is 9.70. The van der Waals surface area contributed by atoms with Gasteiger partial charge in [-0.25, -0.2) is 0 Å². The van der Waals surface area contributed by atoms with Crippen LogP contribution in [0.5, 0.6) is 5.75 Å². The average molecular weight is 597 g/mol. The maximum atomic E-state index is 14.2. The molecule has 6 aliphatic rings. The van der Waals surface area contributed by atoms with Crippen molar-refractivity contribution in [3.63, 3.8) is 0 Å². The summed E-state index contributed by atoms with van der Waals surface area (Å²) in [5, 5.41) is 0. The highest BCUT2D eigenvalue weighted by Crippen LogP contribution is 2.62. The van der Waals surface area contributed by atoms with Crippen molar-refractivity contribution in [1.29, 1.82) is 0 Å². The lowest BCUT2D eigenvalue weighted by molar-refractivity contribution is 0.375. The normalized spacial score (nSPS) is 37.3. The molecule has 0 aliphatic heterocycles. The van der Waals surface area contributed by atoms with Gasteiger partial charge in [-0.2, -0.15) is 16.8 Å². The van der Waals surface area contributed by atoms with Gasteiger partial charge in [0.25, 0.3) is 10.1 Å². The summed E-state index contributed by atoms with van der Waals surface area (Å²) in [4.78, 5) is 0.0392. The van der Waals surface area contributed by atoms with E-state index in [9.17, 15) is 21.4 Å². The van der Waals surface area contributed by atoms with E-state index in [1.54, 1.807) is 0 Å². The van der Waals surface area contributed by atoms with Gasteiger partial charge in [0.15, 0.2) is 0 Å². The van der Waals surface area contributed by atoms with Crippen LogP contribution >= 0.6 is 0 Å². The van der Waals surface area contributed by atoms with E-state index < -0.39 is 20.2 Å². The summed E-state index contributed by atoms with van der Waals surface area (Å²) in [5.41, 5.74) is 3.95. The summed E-state index contributed by atoms with van der Waals surface area (Å²) in [7, 11) is -8.55. The number of hydrogen-bond donors (Lipinski definition) is 1. The first-order chi connectivity index (χ1) is 19.6. The van der Waals surface area contributed by atoms with Crippen molar-refractivity contribution >= 4 is 20.2 Å². The van der Waals surface area contributed by atoms with Crippen LogP contribution in [-0.4, -0.2) is 21.4 Å². The van der Waals surface area contributed by atoms with Crippen molar-refractivity contribution in [1.82, 2.24) is 0 Å². The standard InChI is InChI=1S/C33H40O6S2/c34-40(35,36)26-9-7-25(8-10-26)39-41(37,38)31-12-11-27(28-16-19-1-4-22(28)13-19)32(29-17-20-2-5-23(29)14-20)33(31)30-18-21-3-6-24(30)15-21/h7-12,19-24,28-30H,1-6,13-18H2,(H,34,35,36). The number of rotatable bonds is 7. The smallest absolute Gasteiger partial charge is 0.339 e. The van der Waals surface area contributed by atoms with E-state index in [2.05, 4.69) is 6.07 Å². The minimum absolute atomic E-state index is 0.0509. The molecule has 0 radical (unpaired) electrons. The molecule has 220 valence electrons. The van der Waals surface area contributed by atoms with Crippen LogP contribution in [0.2, 0.25) is 0 Å². The third kappa shape index (κ3) is 4.50. The van der Waals surface area contributed by atoms with Gasteiger partial charge < -0.3 is 4.18 Å². The summed E-state index contributed by atoms with van der Waals surface area (Å²) in [5.74, 6) is 5.50. The molecule has 8 heteroatoms. The lowest BCUT2D eigenvalue weighted by Crippen LogP contribution is -2.24. The quantitative estimate of drug-likeness (QED) is 0.264. The van der Waals surface area contributed by atoms with Gasteiger partial charge in [0.05, 0.1) is 4.90 Å². The highest BCUT2D eigenvalue weighted by atomic mass is 32.2. The topological polar surface area (TPSA) is 97.7 Å². The van der Waals surface area contributed by atoms with Crippen LogP contribution < -0.4 is 4.18 Å². The monoisotopic (exact) mass is 596 g/mol. The maximum absolute atomic E-state index is 14.2. The highest BCUT2D eigenvalue weighted by Gasteiger charge is 2.50. The van der Waals surface area contributed by atoms with Gasteiger partial charge in [0.2, 0.25) is 0 Å². The van der Waals surface area contributed by atoms with Crippen LogP contribution in [0.3, 0.4) is 0 Å². The van der Waals surface area contributed by atoms with Crippen LogP contribution in [-0.2, 0) is 20.2 Å². The van der Waals surface area contributed by atoms with Gasteiger partial charge in [0.1, 0.15) is 10.6 Å². The molecule has 6 saturated carbocycles. The highest BCUT2D eigenvalue weighted by molar-refractivity contribution is 7.87. The molecule has 0 amide bonds. The van der Waals surface area contributed by atoms with E-state index in [1.165, 1.54) is 106 Å². The molecule has 9 unspecified atom stereocenters. The predicted molar refractivity (Wildman–Crippen MR) is 155 cm³/mol. The SMILES string of the molecule is O=S(=O)(O)c1ccc(OS(=O)(=O)c2ccc(C3CC4CCC3C4)c(C3CC4CCC3C4)c2C2CC3CCC2C3)cc1. The maximum Gasteiger partial charge on any atom is 0.339 e. The van der Waals surface area contributed by atoms with Crippen molar-refractivity contribution < 1.29 is 25.6 Å². The van der Waals surface area contributed by atoms with Crippen molar-refractivity contribution in [2.75, 3.05) is 0 Å². The van der Waals surface area contributed by atoms with Crippen molar-refractivity contribution in [2.24, 2.45) is 35.5 Å². The molecule has 2 aromatic rings. The first-order valence-corrected chi connectivity index (χ1v) is 18.7. The summed E-state index contributed by atoms with van der Waals surface area (Å²) < 4.78 is 66.4. The van der Waals surface area contributed by atoms with E-state index in [1.807, 2.05) is 6.07 Å². The predicted octanol–water partition coefficient (Wildman–Crippen LogP) is 7.41. The Bertz CT molecular complexity index is 1580. The van der Waals surface area contributed by atoms with Crippen LogP contribution in [0, 0.1) is 35.5 Å². The van der Waals surface area contributed by atoms with Crippen LogP contribution in [0.25, 0.3) is 0 Å². The van der Waals surface area contributed by atoms with Crippen molar-refractivity contribution in [3.8, 4) is 5.75 Å². The zero-order chi connectivity index (χ0) is 28.1. The Morgan fingerprint density at radius 1 is 0.585 bits per heavy atom. The molecule has 2 aromatic carbocycles. The Morgan fingerprint density at radius 3 is 1.56 bits per heavy atom. The molecular formula is C33H40O6S2. The largest absolute Gasteiger partial charge is 0.379 e. The first kappa shape index (κ1) is 26.7. The third-order valence-electron chi connectivity index (χ3n) is 12.2. The van der Waals surface area contributed by atoms with E-state index in [0.29, 0.717) is 34.5 Å². The molecule has 1 N–H and O–H groups in total. The molecular weight excluding hydrogens is 556 g/mol. The molecule has 0 heterocycles. The molecule has 9 atom stereocenters. The fourth-order valence-corrected chi connectivity index (χ4v) is 12.3. The Balaban J connectivity index is 1.27. The average Bonchev–Trinajstić information content (AvgIpc) is 3.80. The number of hydrogen-bond acceptors (Lipinski definition) is 5. The summed E-state index contributed by atoms with van der Waals surface area (Å²) in [6, 6.07) is 8.99. The summed E-state index contributed by atoms with van der Waals surface area (Å²) >= 11 is 0. The summed E-state index contributed by atoms with van der Waals surface area (Å²) in [6.07, 6.45) is 15.0. The van der Waals surface area contributed by atoms with E-state index in [0.717, 1.165) is 29.7 Å².